The first kappa shape index (κ1) is 12.6. The maximum absolute atomic E-state index is 12.2. The Bertz CT molecular complexity index is 479. The third kappa shape index (κ3) is 2.36. The van der Waals surface area contributed by atoms with Crippen molar-refractivity contribution in [1.29, 1.82) is 0 Å². The molecule has 1 unspecified atom stereocenters. The van der Waals surface area contributed by atoms with Crippen molar-refractivity contribution in [2.45, 2.75) is 25.3 Å². The SMILES string of the molecule is CC1(C(=O)Nc2ccccc2C(N)=O)CCCN1. The van der Waals surface area contributed by atoms with Gasteiger partial charge in [0.05, 0.1) is 16.8 Å². The fourth-order valence-corrected chi connectivity index (χ4v) is 2.16. The number of hydrogen-bond donors (Lipinski definition) is 3. The van der Waals surface area contributed by atoms with Crippen molar-refractivity contribution in [3.8, 4) is 0 Å². The van der Waals surface area contributed by atoms with E-state index >= 15 is 0 Å². The molecule has 1 aliphatic heterocycles. The summed E-state index contributed by atoms with van der Waals surface area (Å²) in [5.41, 5.74) is 5.50. The molecular formula is C13H17N3O2. The smallest absolute Gasteiger partial charge is 0.250 e. The van der Waals surface area contributed by atoms with Crippen molar-refractivity contribution in [3.63, 3.8) is 0 Å². The Labute approximate surface area is 106 Å². The summed E-state index contributed by atoms with van der Waals surface area (Å²) >= 11 is 0. The van der Waals surface area contributed by atoms with E-state index in [9.17, 15) is 9.59 Å². The lowest BCUT2D eigenvalue weighted by molar-refractivity contribution is -0.121. The van der Waals surface area contributed by atoms with Gasteiger partial charge in [-0.3, -0.25) is 9.59 Å². The van der Waals surface area contributed by atoms with Crippen LogP contribution in [-0.4, -0.2) is 23.9 Å². The molecule has 2 rings (SSSR count). The van der Waals surface area contributed by atoms with E-state index in [4.69, 9.17) is 5.73 Å². The molecule has 18 heavy (non-hydrogen) atoms. The van der Waals surface area contributed by atoms with Gasteiger partial charge in [-0.1, -0.05) is 12.1 Å². The Morgan fingerprint density at radius 3 is 2.72 bits per heavy atom. The summed E-state index contributed by atoms with van der Waals surface area (Å²) in [7, 11) is 0. The standard InChI is InChI=1S/C13H17N3O2/c1-13(7-4-8-15-13)12(18)16-10-6-3-2-5-9(10)11(14)17/h2-3,5-6,15H,4,7-8H2,1H3,(H2,14,17)(H,16,18). The average molecular weight is 247 g/mol. The molecule has 1 aromatic carbocycles. The van der Waals surface area contributed by atoms with E-state index in [1.54, 1.807) is 24.3 Å². The minimum atomic E-state index is -0.565. The molecule has 0 aliphatic carbocycles. The number of para-hydroxylation sites is 1. The van der Waals surface area contributed by atoms with Crippen LogP contribution in [0, 0.1) is 0 Å². The summed E-state index contributed by atoms with van der Waals surface area (Å²) < 4.78 is 0. The number of nitrogens with one attached hydrogen (secondary N) is 2. The molecule has 0 aromatic heterocycles. The number of rotatable bonds is 3. The number of carbonyl (C=O) groups excluding carboxylic acids is 2. The second-order valence-corrected chi connectivity index (χ2v) is 4.73. The van der Waals surface area contributed by atoms with Gasteiger partial charge in [-0.05, 0) is 38.4 Å². The number of primary amides is 1. The van der Waals surface area contributed by atoms with E-state index in [1.807, 2.05) is 6.92 Å². The molecule has 5 nitrogen and oxygen atoms in total. The number of anilines is 1. The first-order valence-corrected chi connectivity index (χ1v) is 5.98. The van der Waals surface area contributed by atoms with Crippen LogP contribution < -0.4 is 16.4 Å². The minimum absolute atomic E-state index is 0.131. The van der Waals surface area contributed by atoms with Gasteiger partial charge in [0.2, 0.25) is 5.91 Å². The molecule has 0 spiro atoms. The van der Waals surface area contributed by atoms with Crippen molar-refractivity contribution in [1.82, 2.24) is 5.32 Å². The summed E-state index contributed by atoms with van der Waals surface area (Å²) in [6.07, 6.45) is 1.76. The molecule has 96 valence electrons. The van der Waals surface area contributed by atoms with Gasteiger partial charge in [-0.2, -0.15) is 0 Å². The highest BCUT2D eigenvalue weighted by Gasteiger charge is 2.36. The van der Waals surface area contributed by atoms with Crippen LogP contribution in [0.4, 0.5) is 5.69 Å². The highest BCUT2D eigenvalue weighted by molar-refractivity contribution is 6.05. The Hall–Kier alpha value is -1.88. The normalized spacial score (nSPS) is 22.7. The van der Waals surface area contributed by atoms with Gasteiger partial charge in [-0.25, -0.2) is 0 Å². The molecule has 1 fully saturated rings. The molecule has 4 N–H and O–H groups in total. The van der Waals surface area contributed by atoms with Gasteiger partial charge >= 0.3 is 0 Å². The molecule has 0 saturated carbocycles. The fourth-order valence-electron chi connectivity index (χ4n) is 2.16. The zero-order valence-electron chi connectivity index (χ0n) is 10.3. The largest absolute Gasteiger partial charge is 0.366 e. The summed E-state index contributed by atoms with van der Waals surface area (Å²) in [6, 6.07) is 6.75. The van der Waals surface area contributed by atoms with Crippen molar-refractivity contribution in [2.24, 2.45) is 5.73 Å². The van der Waals surface area contributed by atoms with Crippen LogP contribution in [0.15, 0.2) is 24.3 Å². The van der Waals surface area contributed by atoms with E-state index < -0.39 is 11.4 Å². The summed E-state index contributed by atoms with van der Waals surface area (Å²) in [6.45, 7) is 2.70. The molecule has 0 bridgehead atoms. The van der Waals surface area contributed by atoms with Crippen molar-refractivity contribution in [2.75, 3.05) is 11.9 Å². The maximum atomic E-state index is 12.2. The van der Waals surface area contributed by atoms with Gasteiger partial charge in [0.1, 0.15) is 0 Å². The van der Waals surface area contributed by atoms with Crippen molar-refractivity contribution in [3.05, 3.63) is 29.8 Å². The second kappa shape index (κ2) is 4.78. The summed E-state index contributed by atoms with van der Waals surface area (Å²) in [5, 5.41) is 5.95. The number of hydrogen-bond acceptors (Lipinski definition) is 3. The fraction of sp³-hybridized carbons (Fsp3) is 0.385. The third-order valence-electron chi connectivity index (χ3n) is 3.31. The Morgan fingerprint density at radius 2 is 2.11 bits per heavy atom. The molecule has 1 aromatic rings. The second-order valence-electron chi connectivity index (χ2n) is 4.73. The third-order valence-corrected chi connectivity index (χ3v) is 3.31. The molecule has 1 heterocycles. The van der Waals surface area contributed by atoms with Gasteiger partial charge in [-0.15, -0.1) is 0 Å². The predicted molar refractivity (Wildman–Crippen MR) is 69.2 cm³/mol. The first-order valence-electron chi connectivity index (χ1n) is 5.98. The van der Waals surface area contributed by atoms with E-state index in [1.165, 1.54) is 0 Å². The van der Waals surface area contributed by atoms with Crippen LogP contribution in [0.3, 0.4) is 0 Å². The lowest BCUT2D eigenvalue weighted by atomic mass is 9.99. The van der Waals surface area contributed by atoms with Gasteiger partial charge < -0.3 is 16.4 Å². The first-order chi connectivity index (χ1) is 8.53. The molecule has 1 saturated heterocycles. The average Bonchev–Trinajstić information content (AvgIpc) is 2.78. The van der Waals surface area contributed by atoms with Gasteiger partial charge in [0, 0.05) is 0 Å². The number of nitrogens with two attached hydrogens (primary N) is 1. The van der Waals surface area contributed by atoms with Crippen LogP contribution in [-0.2, 0) is 4.79 Å². The number of carbonyl (C=O) groups is 2. The van der Waals surface area contributed by atoms with Crippen molar-refractivity contribution >= 4 is 17.5 Å². The summed E-state index contributed by atoms with van der Waals surface area (Å²) in [4.78, 5) is 23.4. The van der Waals surface area contributed by atoms with Crippen LogP contribution in [0.5, 0.6) is 0 Å². The molecule has 2 amide bonds. The van der Waals surface area contributed by atoms with Crippen LogP contribution in [0.1, 0.15) is 30.1 Å². The van der Waals surface area contributed by atoms with Gasteiger partial charge in [0.15, 0.2) is 0 Å². The Kier molecular flexibility index (Phi) is 3.34. The Morgan fingerprint density at radius 1 is 1.39 bits per heavy atom. The zero-order chi connectivity index (χ0) is 13.2. The summed E-state index contributed by atoms with van der Waals surface area (Å²) in [5.74, 6) is -0.677. The number of amides is 2. The Balaban J connectivity index is 2.19. The lowest BCUT2D eigenvalue weighted by Crippen LogP contribution is -2.48. The van der Waals surface area contributed by atoms with Gasteiger partial charge in [0.25, 0.3) is 5.91 Å². The number of benzene rings is 1. The van der Waals surface area contributed by atoms with E-state index in [-0.39, 0.29) is 5.91 Å². The monoisotopic (exact) mass is 247 g/mol. The lowest BCUT2D eigenvalue weighted by Gasteiger charge is -2.23. The van der Waals surface area contributed by atoms with Crippen LogP contribution >= 0.6 is 0 Å². The molecule has 0 radical (unpaired) electrons. The minimum Gasteiger partial charge on any atom is -0.366 e. The van der Waals surface area contributed by atoms with E-state index in [2.05, 4.69) is 10.6 Å². The predicted octanol–water partition coefficient (Wildman–Crippen LogP) is 0.866. The highest BCUT2D eigenvalue weighted by Crippen LogP contribution is 2.22. The van der Waals surface area contributed by atoms with Crippen LogP contribution in [0.2, 0.25) is 0 Å². The molecule has 5 heteroatoms. The quantitative estimate of drug-likeness (QED) is 0.741. The zero-order valence-corrected chi connectivity index (χ0v) is 10.3. The molecular weight excluding hydrogens is 230 g/mol. The van der Waals surface area contributed by atoms with E-state index in [0.29, 0.717) is 11.3 Å². The topological polar surface area (TPSA) is 84.2 Å². The van der Waals surface area contributed by atoms with Crippen molar-refractivity contribution < 1.29 is 9.59 Å². The maximum Gasteiger partial charge on any atom is 0.250 e. The molecule has 1 aliphatic rings. The molecule has 1 atom stereocenters. The van der Waals surface area contributed by atoms with Crippen LogP contribution in [0.25, 0.3) is 0 Å². The highest BCUT2D eigenvalue weighted by atomic mass is 16.2. The van der Waals surface area contributed by atoms with E-state index in [0.717, 1.165) is 19.4 Å².